The molecule has 1 unspecified atom stereocenters. The minimum atomic E-state index is -0.845. The summed E-state index contributed by atoms with van der Waals surface area (Å²) in [6, 6.07) is 3.62. The molecule has 1 heterocycles. The molecular formula is C13H16FN3O3. The SMILES string of the molecule is CCC1C(=O)NCCN1Cc1ccc([N+](=O)[O-])c(F)c1. The van der Waals surface area contributed by atoms with E-state index in [1.54, 1.807) is 0 Å². The van der Waals surface area contributed by atoms with Gasteiger partial charge in [0.05, 0.1) is 11.0 Å². The van der Waals surface area contributed by atoms with Gasteiger partial charge in [0.2, 0.25) is 11.7 Å². The zero-order chi connectivity index (χ0) is 14.7. The highest BCUT2D eigenvalue weighted by Gasteiger charge is 2.28. The molecular weight excluding hydrogens is 265 g/mol. The van der Waals surface area contributed by atoms with Crippen molar-refractivity contribution in [3.05, 3.63) is 39.7 Å². The van der Waals surface area contributed by atoms with E-state index in [1.165, 1.54) is 6.07 Å². The number of hydrogen-bond acceptors (Lipinski definition) is 4. The summed E-state index contributed by atoms with van der Waals surface area (Å²) in [7, 11) is 0. The Kier molecular flexibility index (Phi) is 4.29. The summed E-state index contributed by atoms with van der Waals surface area (Å²) in [5, 5.41) is 13.4. The van der Waals surface area contributed by atoms with E-state index in [2.05, 4.69) is 5.32 Å². The summed E-state index contributed by atoms with van der Waals surface area (Å²) in [6.07, 6.45) is 0.668. The summed E-state index contributed by atoms with van der Waals surface area (Å²) in [5.74, 6) is -0.872. The molecule has 1 saturated heterocycles. The van der Waals surface area contributed by atoms with Crippen LogP contribution in [0.25, 0.3) is 0 Å². The van der Waals surface area contributed by atoms with Crippen LogP contribution >= 0.6 is 0 Å². The topological polar surface area (TPSA) is 75.5 Å². The molecule has 0 spiro atoms. The van der Waals surface area contributed by atoms with E-state index < -0.39 is 16.4 Å². The third-order valence-electron chi connectivity index (χ3n) is 3.42. The molecule has 1 N–H and O–H groups in total. The number of piperazine rings is 1. The Morgan fingerprint density at radius 1 is 1.55 bits per heavy atom. The van der Waals surface area contributed by atoms with Gasteiger partial charge in [0.1, 0.15) is 0 Å². The van der Waals surface area contributed by atoms with Crippen LogP contribution in [0.5, 0.6) is 0 Å². The molecule has 0 bridgehead atoms. The molecule has 1 aliphatic heterocycles. The first-order valence-electron chi connectivity index (χ1n) is 6.47. The largest absolute Gasteiger partial charge is 0.353 e. The minimum Gasteiger partial charge on any atom is -0.353 e. The van der Waals surface area contributed by atoms with Gasteiger partial charge in [-0.2, -0.15) is 4.39 Å². The number of carbonyl (C=O) groups excluding carboxylic acids is 1. The van der Waals surface area contributed by atoms with E-state index in [4.69, 9.17) is 0 Å². The fourth-order valence-corrected chi connectivity index (χ4v) is 2.43. The van der Waals surface area contributed by atoms with Crippen molar-refractivity contribution in [3.8, 4) is 0 Å². The smallest absolute Gasteiger partial charge is 0.304 e. The van der Waals surface area contributed by atoms with Gasteiger partial charge in [0.25, 0.3) is 0 Å². The van der Waals surface area contributed by atoms with Gasteiger partial charge >= 0.3 is 5.69 Å². The second-order valence-corrected chi connectivity index (χ2v) is 4.73. The van der Waals surface area contributed by atoms with Gasteiger partial charge in [-0.3, -0.25) is 19.8 Å². The van der Waals surface area contributed by atoms with E-state index >= 15 is 0 Å². The van der Waals surface area contributed by atoms with Crippen LogP contribution in [-0.2, 0) is 11.3 Å². The highest BCUT2D eigenvalue weighted by atomic mass is 19.1. The van der Waals surface area contributed by atoms with Crippen molar-refractivity contribution in [1.29, 1.82) is 0 Å². The molecule has 108 valence electrons. The lowest BCUT2D eigenvalue weighted by Crippen LogP contribution is -2.54. The van der Waals surface area contributed by atoms with Gasteiger partial charge in [0.15, 0.2) is 0 Å². The Balaban J connectivity index is 2.15. The number of hydrogen-bond donors (Lipinski definition) is 1. The van der Waals surface area contributed by atoms with Crippen LogP contribution in [0.2, 0.25) is 0 Å². The van der Waals surface area contributed by atoms with Crippen molar-refractivity contribution in [2.75, 3.05) is 13.1 Å². The monoisotopic (exact) mass is 281 g/mol. The predicted octanol–water partition coefficient (Wildman–Crippen LogP) is 1.44. The minimum absolute atomic E-state index is 0.0267. The molecule has 1 aromatic carbocycles. The van der Waals surface area contributed by atoms with Gasteiger partial charge < -0.3 is 5.32 Å². The van der Waals surface area contributed by atoms with Crippen LogP contribution in [0.15, 0.2) is 18.2 Å². The lowest BCUT2D eigenvalue weighted by Gasteiger charge is -2.34. The molecule has 6 nitrogen and oxygen atoms in total. The number of nitrogens with one attached hydrogen (secondary N) is 1. The zero-order valence-electron chi connectivity index (χ0n) is 11.1. The quantitative estimate of drug-likeness (QED) is 0.669. The van der Waals surface area contributed by atoms with Crippen molar-refractivity contribution in [3.63, 3.8) is 0 Å². The number of amides is 1. The molecule has 1 aliphatic rings. The second-order valence-electron chi connectivity index (χ2n) is 4.73. The van der Waals surface area contributed by atoms with Gasteiger partial charge in [0, 0.05) is 25.7 Å². The number of carbonyl (C=O) groups is 1. The molecule has 0 aromatic heterocycles. The number of rotatable bonds is 4. The molecule has 7 heteroatoms. The number of nitro benzene ring substituents is 1. The van der Waals surface area contributed by atoms with E-state index in [9.17, 15) is 19.3 Å². The molecule has 1 fully saturated rings. The van der Waals surface area contributed by atoms with Crippen molar-refractivity contribution in [2.24, 2.45) is 0 Å². The summed E-state index contributed by atoms with van der Waals surface area (Å²) < 4.78 is 13.6. The summed E-state index contributed by atoms with van der Waals surface area (Å²) in [6.45, 7) is 3.56. The number of nitro groups is 1. The van der Waals surface area contributed by atoms with Gasteiger partial charge in [-0.1, -0.05) is 13.0 Å². The molecule has 0 radical (unpaired) electrons. The molecule has 1 aromatic rings. The Hall–Kier alpha value is -2.02. The lowest BCUT2D eigenvalue weighted by molar-refractivity contribution is -0.387. The van der Waals surface area contributed by atoms with Crippen LogP contribution < -0.4 is 5.32 Å². The third kappa shape index (κ3) is 2.93. The van der Waals surface area contributed by atoms with Crippen LogP contribution in [0.1, 0.15) is 18.9 Å². The average molecular weight is 281 g/mol. The number of nitrogens with zero attached hydrogens (tertiary/aromatic N) is 2. The van der Waals surface area contributed by atoms with Gasteiger partial charge in [-0.15, -0.1) is 0 Å². The summed E-state index contributed by atoms with van der Waals surface area (Å²) >= 11 is 0. The normalized spacial score (nSPS) is 19.7. The van der Waals surface area contributed by atoms with Crippen molar-refractivity contribution >= 4 is 11.6 Å². The molecule has 1 atom stereocenters. The van der Waals surface area contributed by atoms with Gasteiger partial charge in [-0.25, -0.2) is 0 Å². The fraction of sp³-hybridized carbons (Fsp3) is 0.462. The maximum atomic E-state index is 13.6. The first-order chi connectivity index (χ1) is 9.52. The Bertz CT molecular complexity index is 536. The van der Waals surface area contributed by atoms with E-state index in [0.29, 0.717) is 31.6 Å². The van der Waals surface area contributed by atoms with Crippen molar-refractivity contribution < 1.29 is 14.1 Å². The molecule has 20 heavy (non-hydrogen) atoms. The Labute approximate surface area is 115 Å². The van der Waals surface area contributed by atoms with Gasteiger partial charge in [-0.05, 0) is 18.1 Å². The molecule has 2 rings (SSSR count). The second kappa shape index (κ2) is 5.96. The maximum Gasteiger partial charge on any atom is 0.304 e. The van der Waals surface area contributed by atoms with Crippen LogP contribution in [0, 0.1) is 15.9 Å². The standard InChI is InChI=1S/C13H16FN3O3/c1-2-11-13(18)15-5-6-16(11)8-9-3-4-12(17(19)20)10(14)7-9/h3-4,7,11H,2,5-6,8H2,1H3,(H,15,18). The zero-order valence-corrected chi connectivity index (χ0v) is 11.1. The first kappa shape index (κ1) is 14.4. The van der Waals surface area contributed by atoms with E-state index in [1.807, 2.05) is 11.8 Å². The highest BCUT2D eigenvalue weighted by Crippen LogP contribution is 2.20. The van der Waals surface area contributed by atoms with Crippen molar-refractivity contribution in [2.45, 2.75) is 25.9 Å². The summed E-state index contributed by atoms with van der Waals surface area (Å²) in [4.78, 5) is 23.5. The fourth-order valence-electron chi connectivity index (χ4n) is 2.43. The first-order valence-corrected chi connectivity index (χ1v) is 6.47. The van der Waals surface area contributed by atoms with Crippen LogP contribution in [0.3, 0.4) is 0 Å². The maximum absolute atomic E-state index is 13.6. The number of benzene rings is 1. The van der Waals surface area contributed by atoms with E-state index in [-0.39, 0.29) is 11.9 Å². The Morgan fingerprint density at radius 3 is 2.90 bits per heavy atom. The molecule has 0 saturated carbocycles. The van der Waals surface area contributed by atoms with Crippen molar-refractivity contribution in [1.82, 2.24) is 10.2 Å². The van der Waals surface area contributed by atoms with E-state index in [0.717, 1.165) is 12.1 Å². The third-order valence-corrected chi connectivity index (χ3v) is 3.42. The van der Waals surface area contributed by atoms with Crippen LogP contribution in [0.4, 0.5) is 10.1 Å². The summed E-state index contributed by atoms with van der Waals surface area (Å²) in [5.41, 5.74) is 0.0958. The lowest BCUT2D eigenvalue weighted by atomic mass is 10.1. The predicted molar refractivity (Wildman–Crippen MR) is 70.6 cm³/mol. The molecule has 1 amide bonds. The highest BCUT2D eigenvalue weighted by molar-refractivity contribution is 5.82. The van der Waals surface area contributed by atoms with Crippen LogP contribution in [-0.4, -0.2) is 34.9 Å². The Morgan fingerprint density at radius 2 is 2.30 bits per heavy atom. The number of halogens is 1. The average Bonchev–Trinajstić information content (AvgIpc) is 2.38. The molecule has 0 aliphatic carbocycles.